The van der Waals surface area contributed by atoms with Crippen LogP contribution in [0.25, 0.3) is 12.2 Å². The summed E-state index contributed by atoms with van der Waals surface area (Å²) < 4.78 is 36.3. The van der Waals surface area contributed by atoms with Gasteiger partial charge >= 0.3 is 5.82 Å². The lowest BCUT2D eigenvalue weighted by molar-refractivity contribution is -0.392. The smallest absolute Gasteiger partial charge is 0.343 e. The van der Waals surface area contributed by atoms with Crippen molar-refractivity contribution in [1.82, 2.24) is 9.55 Å². The van der Waals surface area contributed by atoms with Crippen LogP contribution >= 0.6 is 0 Å². The molecule has 0 saturated heterocycles. The van der Waals surface area contributed by atoms with Crippen LogP contribution in [-0.2, 0) is 20.8 Å². The predicted octanol–water partition coefficient (Wildman–Crippen LogP) is 3.68. The van der Waals surface area contributed by atoms with Gasteiger partial charge in [-0.1, -0.05) is 35.9 Å². The summed E-state index contributed by atoms with van der Waals surface area (Å²) in [4.78, 5) is 14.9. The van der Waals surface area contributed by atoms with E-state index in [1.165, 1.54) is 16.7 Å². The second-order valence-electron chi connectivity index (χ2n) is 6.55. The first-order chi connectivity index (χ1) is 14.8. The molecule has 9 nitrogen and oxygen atoms in total. The Morgan fingerprint density at radius 2 is 1.84 bits per heavy atom. The maximum absolute atomic E-state index is 12.3. The zero-order valence-electron chi connectivity index (χ0n) is 17.0. The van der Waals surface area contributed by atoms with E-state index >= 15 is 0 Å². The van der Waals surface area contributed by atoms with E-state index in [2.05, 4.69) is 4.98 Å². The van der Waals surface area contributed by atoms with Crippen LogP contribution in [0, 0.1) is 17.0 Å². The monoisotopic (exact) mass is 443 g/mol. The average molecular weight is 443 g/mol. The third-order valence-electron chi connectivity index (χ3n) is 4.47. The molecule has 0 atom stereocenters. The van der Waals surface area contributed by atoms with E-state index in [1.54, 1.807) is 37.5 Å². The third kappa shape index (κ3) is 5.36. The number of aromatic nitrogens is 2. The molecule has 0 radical (unpaired) electrons. The standard InChI is InChI=1S/C21H21N3O6S/c1-16-7-10-18(11-8-16)31(27,28)30-14-13-23-20(22-15-21(23)24(25)26)12-9-17-5-3-4-6-19(17)29-2/h3-12,15H,13-14H2,1-2H3/b12-9+. The minimum absolute atomic E-state index is 0.0227. The number of benzene rings is 2. The van der Waals surface area contributed by atoms with Crippen molar-refractivity contribution < 1.29 is 22.3 Å². The molecule has 0 aliphatic rings. The van der Waals surface area contributed by atoms with E-state index in [1.807, 2.05) is 25.1 Å². The van der Waals surface area contributed by atoms with Gasteiger partial charge in [0, 0.05) is 11.6 Å². The summed E-state index contributed by atoms with van der Waals surface area (Å²) in [6, 6.07) is 13.5. The molecule has 10 heteroatoms. The number of methoxy groups -OCH3 is 1. The first-order valence-corrected chi connectivity index (χ1v) is 10.7. The van der Waals surface area contributed by atoms with Gasteiger partial charge in [-0.05, 0) is 36.1 Å². The molecule has 0 fully saturated rings. The van der Waals surface area contributed by atoms with Crippen LogP contribution in [-0.4, -0.2) is 36.6 Å². The lowest BCUT2D eigenvalue weighted by Crippen LogP contribution is -2.14. The number of para-hydroxylation sites is 1. The van der Waals surface area contributed by atoms with Crippen LogP contribution in [0.3, 0.4) is 0 Å². The first-order valence-electron chi connectivity index (χ1n) is 9.29. The van der Waals surface area contributed by atoms with E-state index < -0.39 is 15.0 Å². The molecule has 2 aromatic carbocycles. The minimum atomic E-state index is -3.98. The minimum Gasteiger partial charge on any atom is -0.496 e. The Morgan fingerprint density at radius 3 is 2.52 bits per heavy atom. The van der Waals surface area contributed by atoms with Gasteiger partial charge in [0.15, 0.2) is 0 Å². The highest BCUT2D eigenvalue weighted by molar-refractivity contribution is 7.86. The van der Waals surface area contributed by atoms with Crippen molar-refractivity contribution in [2.75, 3.05) is 13.7 Å². The molecule has 3 aromatic rings. The molecule has 0 aliphatic heterocycles. The topological polar surface area (TPSA) is 114 Å². The number of nitrogens with zero attached hydrogens (tertiary/aromatic N) is 3. The van der Waals surface area contributed by atoms with Gasteiger partial charge in [-0.25, -0.2) is 9.55 Å². The molecule has 0 unspecified atom stereocenters. The van der Waals surface area contributed by atoms with Gasteiger partial charge in [-0.2, -0.15) is 8.42 Å². The molecule has 1 heterocycles. The van der Waals surface area contributed by atoms with Crippen LogP contribution in [0.1, 0.15) is 17.0 Å². The number of ether oxygens (including phenoxy) is 1. The van der Waals surface area contributed by atoms with Crippen LogP contribution in [0.5, 0.6) is 5.75 Å². The fourth-order valence-electron chi connectivity index (χ4n) is 2.87. The molecule has 0 saturated carbocycles. The summed E-state index contributed by atoms with van der Waals surface area (Å²) in [6.45, 7) is 1.48. The Bertz CT molecular complexity index is 1200. The maximum Gasteiger partial charge on any atom is 0.343 e. The highest BCUT2D eigenvalue weighted by atomic mass is 32.2. The normalized spacial score (nSPS) is 11.7. The number of nitro groups is 1. The summed E-state index contributed by atoms with van der Waals surface area (Å²) in [5.74, 6) is 0.656. The molecule has 0 amide bonds. The van der Waals surface area contributed by atoms with Crippen LogP contribution < -0.4 is 4.74 Å². The van der Waals surface area contributed by atoms with Crippen LogP contribution in [0.2, 0.25) is 0 Å². The zero-order valence-corrected chi connectivity index (χ0v) is 17.8. The van der Waals surface area contributed by atoms with Gasteiger partial charge in [-0.3, -0.25) is 4.18 Å². The number of aryl methyl sites for hydroxylation is 1. The van der Waals surface area contributed by atoms with Gasteiger partial charge < -0.3 is 14.9 Å². The Kier molecular flexibility index (Phi) is 6.83. The van der Waals surface area contributed by atoms with Gasteiger partial charge in [-0.15, -0.1) is 0 Å². The molecule has 1 aromatic heterocycles. The Labute approximate surface area is 179 Å². The second-order valence-corrected chi connectivity index (χ2v) is 8.16. The SMILES string of the molecule is COc1ccccc1/C=C/c1ncc([N+](=O)[O-])n1CCOS(=O)(=O)c1ccc(C)cc1. The van der Waals surface area contributed by atoms with E-state index in [0.29, 0.717) is 5.75 Å². The Hall–Kier alpha value is -3.50. The Morgan fingerprint density at radius 1 is 1.13 bits per heavy atom. The first kappa shape index (κ1) is 22.2. The molecule has 162 valence electrons. The molecule has 0 N–H and O–H groups in total. The van der Waals surface area contributed by atoms with Gasteiger partial charge in [0.25, 0.3) is 10.1 Å². The quantitative estimate of drug-likeness (QED) is 0.281. The maximum atomic E-state index is 12.3. The van der Waals surface area contributed by atoms with E-state index in [-0.39, 0.29) is 29.7 Å². The average Bonchev–Trinajstić information content (AvgIpc) is 3.15. The summed E-state index contributed by atoms with van der Waals surface area (Å²) in [6.07, 6.45) is 4.43. The van der Waals surface area contributed by atoms with Crippen molar-refractivity contribution in [1.29, 1.82) is 0 Å². The molecular weight excluding hydrogens is 422 g/mol. The molecule has 31 heavy (non-hydrogen) atoms. The van der Waals surface area contributed by atoms with E-state index in [4.69, 9.17) is 8.92 Å². The van der Waals surface area contributed by atoms with Crippen molar-refractivity contribution >= 4 is 28.1 Å². The lowest BCUT2D eigenvalue weighted by Gasteiger charge is -2.07. The number of hydrogen-bond donors (Lipinski definition) is 0. The van der Waals surface area contributed by atoms with Crippen molar-refractivity contribution in [2.24, 2.45) is 0 Å². The number of rotatable bonds is 9. The fraction of sp³-hybridized carbons (Fsp3) is 0.190. The molecule has 0 aliphatic carbocycles. The van der Waals surface area contributed by atoms with Gasteiger partial charge in [0.2, 0.25) is 5.82 Å². The Balaban J connectivity index is 1.79. The van der Waals surface area contributed by atoms with Gasteiger partial charge in [0.1, 0.15) is 25.1 Å². The largest absolute Gasteiger partial charge is 0.496 e. The van der Waals surface area contributed by atoms with Crippen molar-refractivity contribution in [3.8, 4) is 5.75 Å². The van der Waals surface area contributed by atoms with Crippen LogP contribution in [0.4, 0.5) is 5.82 Å². The highest BCUT2D eigenvalue weighted by Gasteiger charge is 2.21. The van der Waals surface area contributed by atoms with Crippen molar-refractivity contribution in [2.45, 2.75) is 18.4 Å². The number of imidazole rings is 1. The van der Waals surface area contributed by atoms with Crippen molar-refractivity contribution in [3.63, 3.8) is 0 Å². The molecule has 0 bridgehead atoms. The highest BCUT2D eigenvalue weighted by Crippen LogP contribution is 2.22. The molecular formula is C21H21N3O6S. The van der Waals surface area contributed by atoms with Crippen molar-refractivity contribution in [3.05, 3.63) is 81.8 Å². The summed E-state index contributed by atoms with van der Waals surface area (Å²) in [5.41, 5.74) is 1.68. The second kappa shape index (κ2) is 9.54. The van der Waals surface area contributed by atoms with E-state index in [0.717, 1.165) is 17.3 Å². The zero-order chi connectivity index (χ0) is 22.4. The third-order valence-corrected chi connectivity index (χ3v) is 5.79. The fourth-order valence-corrected chi connectivity index (χ4v) is 3.77. The number of hydrogen-bond acceptors (Lipinski definition) is 7. The summed E-state index contributed by atoms with van der Waals surface area (Å²) in [7, 11) is -2.43. The summed E-state index contributed by atoms with van der Waals surface area (Å²) >= 11 is 0. The molecule has 3 rings (SSSR count). The predicted molar refractivity (Wildman–Crippen MR) is 115 cm³/mol. The van der Waals surface area contributed by atoms with Crippen LogP contribution in [0.15, 0.2) is 59.6 Å². The van der Waals surface area contributed by atoms with E-state index in [9.17, 15) is 18.5 Å². The lowest BCUT2D eigenvalue weighted by atomic mass is 10.2. The van der Waals surface area contributed by atoms with Gasteiger partial charge in [0.05, 0.1) is 12.0 Å². The molecule has 0 spiro atoms. The summed E-state index contributed by atoms with van der Waals surface area (Å²) in [5, 5.41) is 11.4.